The molecule has 0 aliphatic rings. The van der Waals surface area contributed by atoms with Gasteiger partial charge in [0.25, 0.3) is 0 Å². The second kappa shape index (κ2) is 5.19. The van der Waals surface area contributed by atoms with Gasteiger partial charge >= 0.3 is 0 Å². The number of aromatic amines is 1. The van der Waals surface area contributed by atoms with Crippen molar-refractivity contribution in [2.75, 3.05) is 5.73 Å². The number of H-pyrrole nitrogens is 1. The van der Waals surface area contributed by atoms with Gasteiger partial charge in [-0.25, -0.2) is 0 Å². The van der Waals surface area contributed by atoms with E-state index in [0.717, 1.165) is 22.4 Å². The molecule has 0 atom stereocenters. The first-order chi connectivity index (χ1) is 9.66. The maximum Gasteiger partial charge on any atom is 0.153 e. The smallest absolute Gasteiger partial charge is 0.153 e. The van der Waals surface area contributed by atoms with Gasteiger partial charge in [-0.05, 0) is 12.1 Å². The van der Waals surface area contributed by atoms with Crippen LogP contribution in [0.15, 0.2) is 48.5 Å². The molecule has 2 aromatic carbocycles. The summed E-state index contributed by atoms with van der Waals surface area (Å²) in [5.41, 5.74) is 9.42. The van der Waals surface area contributed by atoms with Crippen LogP contribution in [0.5, 0.6) is 0 Å². The third-order valence-corrected chi connectivity index (χ3v) is 3.61. The second-order valence-electron chi connectivity index (χ2n) is 4.35. The minimum atomic E-state index is 0.410. The van der Waals surface area contributed by atoms with Gasteiger partial charge in [0.1, 0.15) is 0 Å². The lowest BCUT2D eigenvalue weighted by Crippen LogP contribution is -1.89. The molecule has 1 heterocycles. The zero-order valence-corrected chi connectivity index (χ0v) is 11.9. The van der Waals surface area contributed by atoms with Crippen LogP contribution in [0.4, 0.5) is 5.82 Å². The largest absolute Gasteiger partial charge is 0.382 e. The van der Waals surface area contributed by atoms with Gasteiger partial charge in [-0.1, -0.05) is 59.6 Å². The van der Waals surface area contributed by atoms with Crippen LogP contribution >= 0.6 is 23.2 Å². The van der Waals surface area contributed by atoms with Crippen molar-refractivity contribution in [2.24, 2.45) is 0 Å². The molecule has 3 rings (SSSR count). The highest BCUT2D eigenvalue weighted by molar-refractivity contribution is 6.36. The molecule has 0 unspecified atom stereocenters. The van der Waals surface area contributed by atoms with Gasteiger partial charge in [-0.15, -0.1) is 0 Å². The lowest BCUT2D eigenvalue weighted by Gasteiger charge is -2.07. The Labute approximate surface area is 126 Å². The second-order valence-corrected chi connectivity index (χ2v) is 5.19. The van der Waals surface area contributed by atoms with Crippen molar-refractivity contribution >= 4 is 29.0 Å². The van der Waals surface area contributed by atoms with E-state index in [2.05, 4.69) is 10.2 Å². The Morgan fingerprint density at radius 3 is 2.45 bits per heavy atom. The molecule has 0 radical (unpaired) electrons. The number of rotatable bonds is 2. The number of nitrogens with two attached hydrogens (primary N) is 1. The SMILES string of the molecule is Nc1n[nH]c(-c2ccccc2)c1-c1ccc(Cl)cc1Cl. The number of aromatic nitrogens is 2. The summed E-state index contributed by atoms with van der Waals surface area (Å²) in [5, 5.41) is 8.19. The number of nitrogens with one attached hydrogen (secondary N) is 1. The Morgan fingerprint density at radius 1 is 1.00 bits per heavy atom. The number of benzene rings is 2. The Kier molecular flexibility index (Phi) is 3.38. The molecule has 3 N–H and O–H groups in total. The summed E-state index contributed by atoms with van der Waals surface area (Å²) in [6, 6.07) is 15.2. The number of nitrogen functional groups attached to an aromatic ring is 1. The summed E-state index contributed by atoms with van der Waals surface area (Å²) in [6.07, 6.45) is 0. The average Bonchev–Trinajstić information content (AvgIpc) is 2.82. The Hall–Kier alpha value is -1.97. The van der Waals surface area contributed by atoms with E-state index in [0.29, 0.717) is 15.9 Å². The van der Waals surface area contributed by atoms with Crippen LogP contribution in [-0.4, -0.2) is 10.2 Å². The van der Waals surface area contributed by atoms with Crippen molar-refractivity contribution in [1.29, 1.82) is 0 Å². The molecule has 0 aliphatic carbocycles. The quantitative estimate of drug-likeness (QED) is 0.725. The van der Waals surface area contributed by atoms with Crippen molar-refractivity contribution in [3.63, 3.8) is 0 Å². The van der Waals surface area contributed by atoms with Gasteiger partial charge in [-0.2, -0.15) is 5.10 Å². The van der Waals surface area contributed by atoms with Gasteiger partial charge in [0.2, 0.25) is 0 Å². The molecular formula is C15H11Cl2N3. The normalized spacial score (nSPS) is 10.7. The van der Waals surface area contributed by atoms with E-state index in [9.17, 15) is 0 Å². The molecule has 3 nitrogen and oxygen atoms in total. The summed E-state index contributed by atoms with van der Waals surface area (Å²) >= 11 is 12.2. The van der Waals surface area contributed by atoms with Crippen LogP contribution in [0.25, 0.3) is 22.4 Å². The topological polar surface area (TPSA) is 54.7 Å². The lowest BCUT2D eigenvalue weighted by atomic mass is 10.0. The zero-order chi connectivity index (χ0) is 14.1. The first-order valence-corrected chi connectivity index (χ1v) is 6.77. The first-order valence-electron chi connectivity index (χ1n) is 6.01. The van der Waals surface area contributed by atoms with E-state index in [1.807, 2.05) is 36.4 Å². The molecule has 0 spiro atoms. The first kappa shape index (κ1) is 13.0. The summed E-state index contributed by atoms with van der Waals surface area (Å²) in [4.78, 5) is 0. The maximum absolute atomic E-state index is 6.27. The lowest BCUT2D eigenvalue weighted by molar-refractivity contribution is 1.10. The molecule has 1 aromatic heterocycles. The van der Waals surface area contributed by atoms with E-state index in [-0.39, 0.29) is 0 Å². The monoisotopic (exact) mass is 303 g/mol. The van der Waals surface area contributed by atoms with Crippen molar-refractivity contribution < 1.29 is 0 Å². The summed E-state index contributed by atoms with van der Waals surface area (Å²) in [5.74, 6) is 0.410. The van der Waals surface area contributed by atoms with Crippen molar-refractivity contribution in [3.8, 4) is 22.4 Å². The van der Waals surface area contributed by atoms with Crippen LogP contribution in [0, 0.1) is 0 Å². The summed E-state index contributed by atoms with van der Waals surface area (Å²) in [6.45, 7) is 0. The number of hydrogen-bond donors (Lipinski definition) is 2. The van der Waals surface area contributed by atoms with Crippen LogP contribution in [0.2, 0.25) is 10.0 Å². The van der Waals surface area contributed by atoms with E-state index in [1.54, 1.807) is 12.1 Å². The van der Waals surface area contributed by atoms with Crippen LogP contribution in [0.3, 0.4) is 0 Å². The van der Waals surface area contributed by atoms with Crippen LogP contribution in [-0.2, 0) is 0 Å². The molecule has 0 fully saturated rings. The summed E-state index contributed by atoms with van der Waals surface area (Å²) in [7, 11) is 0. The van der Waals surface area contributed by atoms with Gasteiger partial charge < -0.3 is 5.73 Å². The van der Waals surface area contributed by atoms with E-state index >= 15 is 0 Å². The number of halogens is 2. The molecular weight excluding hydrogens is 293 g/mol. The molecule has 0 bridgehead atoms. The van der Waals surface area contributed by atoms with Gasteiger partial charge in [0.15, 0.2) is 5.82 Å². The van der Waals surface area contributed by atoms with E-state index in [4.69, 9.17) is 28.9 Å². The standard InChI is InChI=1S/C15H11Cl2N3/c16-10-6-7-11(12(17)8-10)13-14(19-20-15(13)18)9-4-2-1-3-5-9/h1-8H,(H3,18,19,20). The molecule has 0 saturated carbocycles. The van der Waals surface area contributed by atoms with Gasteiger partial charge in [0.05, 0.1) is 16.3 Å². The van der Waals surface area contributed by atoms with Crippen molar-refractivity contribution in [3.05, 3.63) is 58.6 Å². The highest BCUT2D eigenvalue weighted by Gasteiger charge is 2.17. The fourth-order valence-corrected chi connectivity index (χ4v) is 2.64. The molecule has 100 valence electrons. The minimum Gasteiger partial charge on any atom is -0.382 e. The van der Waals surface area contributed by atoms with Crippen molar-refractivity contribution in [1.82, 2.24) is 10.2 Å². The Bertz CT molecular complexity index is 751. The zero-order valence-electron chi connectivity index (χ0n) is 10.4. The van der Waals surface area contributed by atoms with Crippen LogP contribution in [0.1, 0.15) is 0 Å². The average molecular weight is 304 g/mol. The fourth-order valence-electron chi connectivity index (χ4n) is 2.13. The molecule has 0 amide bonds. The third-order valence-electron chi connectivity index (χ3n) is 3.06. The molecule has 20 heavy (non-hydrogen) atoms. The number of anilines is 1. The minimum absolute atomic E-state index is 0.410. The highest BCUT2D eigenvalue weighted by atomic mass is 35.5. The Morgan fingerprint density at radius 2 is 1.75 bits per heavy atom. The Balaban J connectivity index is 2.22. The predicted molar refractivity (Wildman–Crippen MR) is 83.9 cm³/mol. The summed E-state index contributed by atoms with van der Waals surface area (Å²) < 4.78 is 0. The van der Waals surface area contributed by atoms with Crippen molar-refractivity contribution in [2.45, 2.75) is 0 Å². The molecule has 5 heteroatoms. The molecule has 3 aromatic rings. The van der Waals surface area contributed by atoms with Gasteiger partial charge in [-0.3, -0.25) is 5.10 Å². The van der Waals surface area contributed by atoms with E-state index in [1.165, 1.54) is 0 Å². The number of nitrogens with zero attached hydrogens (tertiary/aromatic N) is 1. The van der Waals surface area contributed by atoms with Gasteiger partial charge in [0, 0.05) is 16.1 Å². The fraction of sp³-hybridized carbons (Fsp3) is 0. The highest BCUT2D eigenvalue weighted by Crippen LogP contribution is 2.39. The third kappa shape index (κ3) is 2.26. The maximum atomic E-state index is 6.27. The molecule has 0 aliphatic heterocycles. The van der Waals surface area contributed by atoms with E-state index < -0.39 is 0 Å². The molecule has 0 saturated heterocycles. The predicted octanol–water partition coefficient (Wildman–Crippen LogP) is 4.63. The van der Waals surface area contributed by atoms with Crippen LogP contribution < -0.4 is 5.73 Å². The number of hydrogen-bond acceptors (Lipinski definition) is 2.